The van der Waals surface area contributed by atoms with Gasteiger partial charge in [0.2, 0.25) is 15.9 Å². The molecule has 0 radical (unpaired) electrons. The number of amides is 1. The molecule has 29 heavy (non-hydrogen) atoms. The number of hydrogen-bond acceptors (Lipinski definition) is 6. The first-order valence-electron chi connectivity index (χ1n) is 8.50. The predicted octanol–water partition coefficient (Wildman–Crippen LogP) is 2.30. The van der Waals surface area contributed by atoms with Crippen molar-refractivity contribution in [1.82, 2.24) is 9.62 Å². The highest BCUT2D eigenvalue weighted by molar-refractivity contribution is 7.89. The van der Waals surface area contributed by atoms with E-state index in [2.05, 4.69) is 5.32 Å². The molecule has 1 N–H and O–H groups in total. The normalized spacial score (nSPS) is 11.2. The van der Waals surface area contributed by atoms with Crippen LogP contribution in [-0.4, -0.2) is 53.6 Å². The molecule has 0 aliphatic carbocycles. The summed E-state index contributed by atoms with van der Waals surface area (Å²) < 4.78 is 42.0. The molecule has 8 nitrogen and oxygen atoms in total. The first-order chi connectivity index (χ1) is 13.7. The van der Waals surface area contributed by atoms with Gasteiger partial charge in [0, 0.05) is 18.6 Å². The largest absolute Gasteiger partial charge is 0.495 e. The van der Waals surface area contributed by atoms with Crippen molar-refractivity contribution in [3.63, 3.8) is 0 Å². The number of carbonyl (C=O) groups is 1. The van der Waals surface area contributed by atoms with E-state index in [1.807, 2.05) is 0 Å². The van der Waals surface area contributed by atoms with E-state index in [-0.39, 0.29) is 28.8 Å². The highest BCUT2D eigenvalue weighted by Gasteiger charge is 2.26. The van der Waals surface area contributed by atoms with E-state index in [4.69, 9.17) is 25.8 Å². The van der Waals surface area contributed by atoms with E-state index in [0.29, 0.717) is 11.5 Å². The quantitative estimate of drug-likeness (QED) is 0.640. The maximum atomic E-state index is 12.8. The topological polar surface area (TPSA) is 94.2 Å². The molecule has 0 heterocycles. The Bertz CT molecular complexity index is 981. The lowest BCUT2D eigenvalue weighted by Gasteiger charge is -2.19. The molecule has 2 rings (SSSR count). The minimum Gasteiger partial charge on any atom is -0.495 e. The zero-order chi connectivity index (χ0) is 21.6. The molecule has 1 amide bonds. The maximum Gasteiger partial charge on any atom is 0.247 e. The van der Waals surface area contributed by atoms with Gasteiger partial charge in [-0.25, -0.2) is 8.42 Å². The highest BCUT2D eigenvalue weighted by atomic mass is 35.5. The summed E-state index contributed by atoms with van der Waals surface area (Å²) in [4.78, 5) is 12.2. The number of rotatable bonds is 9. The molecule has 158 valence electrons. The summed E-state index contributed by atoms with van der Waals surface area (Å²) in [6.45, 7) is -0.168. The Kier molecular flexibility index (Phi) is 7.72. The molecule has 0 fully saturated rings. The molecule has 2 aromatic carbocycles. The maximum absolute atomic E-state index is 12.8. The number of ether oxygens (including phenoxy) is 3. The van der Waals surface area contributed by atoms with E-state index in [1.165, 1.54) is 46.6 Å². The van der Waals surface area contributed by atoms with Crippen LogP contribution in [0.1, 0.15) is 5.56 Å². The Balaban J connectivity index is 2.06. The van der Waals surface area contributed by atoms with E-state index in [0.717, 1.165) is 9.87 Å². The van der Waals surface area contributed by atoms with Crippen molar-refractivity contribution in [1.29, 1.82) is 0 Å². The number of methoxy groups -OCH3 is 3. The average molecular weight is 443 g/mol. The molecule has 0 aromatic heterocycles. The Labute approximate surface area is 175 Å². The highest BCUT2D eigenvalue weighted by Crippen LogP contribution is 2.29. The molecule has 0 aliphatic rings. The van der Waals surface area contributed by atoms with Crippen LogP contribution in [0.2, 0.25) is 5.02 Å². The number of nitrogens with one attached hydrogen (secondary N) is 1. The summed E-state index contributed by atoms with van der Waals surface area (Å²) in [6.07, 6.45) is 0. The lowest BCUT2D eigenvalue weighted by Crippen LogP contribution is -2.38. The van der Waals surface area contributed by atoms with Gasteiger partial charge in [0.15, 0.2) is 11.5 Å². The van der Waals surface area contributed by atoms with Gasteiger partial charge in [0.05, 0.1) is 27.9 Å². The molecule has 0 unspecified atom stereocenters. The van der Waals surface area contributed by atoms with Crippen molar-refractivity contribution in [2.45, 2.75) is 11.4 Å². The van der Waals surface area contributed by atoms with Gasteiger partial charge in [0.25, 0.3) is 0 Å². The Morgan fingerprint density at radius 2 is 1.62 bits per heavy atom. The van der Waals surface area contributed by atoms with Crippen LogP contribution in [0.25, 0.3) is 0 Å². The van der Waals surface area contributed by atoms with Gasteiger partial charge in [-0.15, -0.1) is 0 Å². The van der Waals surface area contributed by atoms with Gasteiger partial charge in [-0.05, 0) is 35.9 Å². The Hall–Kier alpha value is -2.49. The molecule has 2 aromatic rings. The van der Waals surface area contributed by atoms with Gasteiger partial charge < -0.3 is 19.5 Å². The average Bonchev–Trinajstić information content (AvgIpc) is 2.71. The van der Waals surface area contributed by atoms with Crippen molar-refractivity contribution in [3.8, 4) is 17.2 Å². The number of hydrogen-bond donors (Lipinski definition) is 1. The fourth-order valence-electron chi connectivity index (χ4n) is 2.55. The fraction of sp³-hybridized carbons (Fsp3) is 0.316. The summed E-state index contributed by atoms with van der Waals surface area (Å²) >= 11 is 5.92. The van der Waals surface area contributed by atoms with Gasteiger partial charge in [0.1, 0.15) is 10.6 Å². The fourth-order valence-corrected chi connectivity index (χ4v) is 4.10. The zero-order valence-electron chi connectivity index (χ0n) is 16.6. The second-order valence-corrected chi connectivity index (χ2v) is 8.47. The van der Waals surface area contributed by atoms with Gasteiger partial charge >= 0.3 is 0 Å². The molecule has 0 atom stereocenters. The molecule has 10 heteroatoms. The summed E-state index contributed by atoms with van der Waals surface area (Å²) in [5.74, 6) is 0.787. The Morgan fingerprint density at radius 3 is 2.24 bits per heavy atom. The lowest BCUT2D eigenvalue weighted by molar-refractivity contribution is -0.121. The molecule has 0 aliphatic heterocycles. The van der Waals surface area contributed by atoms with Crippen molar-refractivity contribution in [2.24, 2.45) is 0 Å². The second kappa shape index (κ2) is 9.82. The molecule has 0 saturated carbocycles. The van der Waals surface area contributed by atoms with Crippen LogP contribution in [0.4, 0.5) is 0 Å². The first kappa shape index (κ1) is 22.8. The predicted molar refractivity (Wildman–Crippen MR) is 109 cm³/mol. The second-order valence-electron chi connectivity index (χ2n) is 6.02. The summed E-state index contributed by atoms with van der Waals surface area (Å²) in [5.41, 5.74) is 0.776. The van der Waals surface area contributed by atoms with E-state index in [9.17, 15) is 13.2 Å². The number of halogens is 1. The van der Waals surface area contributed by atoms with Gasteiger partial charge in [-0.1, -0.05) is 17.7 Å². The molecular weight excluding hydrogens is 420 g/mol. The Morgan fingerprint density at radius 1 is 1.00 bits per heavy atom. The molecule has 0 saturated heterocycles. The van der Waals surface area contributed by atoms with E-state index >= 15 is 0 Å². The first-order valence-corrected chi connectivity index (χ1v) is 10.3. The number of likely N-dealkylation sites (N-methyl/N-ethyl adjacent to an activating group) is 1. The third-order valence-electron chi connectivity index (χ3n) is 4.12. The van der Waals surface area contributed by atoms with Crippen molar-refractivity contribution in [2.75, 3.05) is 34.9 Å². The van der Waals surface area contributed by atoms with Crippen LogP contribution < -0.4 is 19.5 Å². The number of nitrogens with zero attached hydrogens (tertiary/aromatic N) is 1. The molecular formula is C19H23ClN2O6S. The minimum absolute atomic E-state index is 0.109. The van der Waals surface area contributed by atoms with Crippen LogP contribution in [0.3, 0.4) is 0 Å². The number of benzene rings is 2. The lowest BCUT2D eigenvalue weighted by atomic mass is 10.2. The van der Waals surface area contributed by atoms with Crippen LogP contribution in [0, 0.1) is 0 Å². The minimum atomic E-state index is -3.98. The van der Waals surface area contributed by atoms with Gasteiger partial charge in [-0.2, -0.15) is 4.31 Å². The number of carbonyl (C=O) groups excluding carboxylic acids is 1. The standard InChI is InChI=1S/C19H23ClN2O6S/c1-22(29(24,25)18-10-14(20)6-8-16(18)27-3)12-19(23)21-11-13-5-7-15(26-2)17(9-13)28-4/h5-10H,11-12H2,1-4H3,(H,21,23). The smallest absolute Gasteiger partial charge is 0.247 e. The summed E-state index contributed by atoms with van der Waals surface area (Å²) in [5, 5.41) is 2.93. The van der Waals surface area contributed by atoms with Crippen molar-refractivity contribution < 1.29 is 27.4 Å². The molecule has 0 bridgehead atoms. The van der Waals surface area contributed by atoms with Crippen LogP contribution >= 0.6 is 11.6 Å². The third-order valence-corrected chi connectivity index (χ3v) is 6.18. The van der Waals surface area contributed by atoms with E-state index in [1.54, 1.807) is 18.2 Å². The van der Waals surface area contributed by atoms with Crippen LogP contribution in [0.5, 0.6) is 17.2 Å². The van der Waals surface area contributed by atoms with Crippen molar-refractivity contribution >= 4 is 27.5 Å². The van der Waals surface area contributed by atoms with Gasteiger partial charge in [-0.3, -0.25) is 4.79 Å². The van der Waals surface area contributed by atoms with E-state index < -0.39 is 15.9 Å². The summed E-state index contributed by atoms with van der Waals surface area (Å²) in [7, 11) is 1.75. The van der Waals surface area contributed by atoms with Crippen LogP contribution in [-0.2, 0) is 21.4 Å². The zero-order valence-corrected chi connectivity index (χ0v) is 18.1. The summed E-state index contributed by atoms with van der Waals surface area (Å²) in [6, 6.07) is 9.50. The monoisotopic (exact) mass is 442 g/mol. The molecule has 0 spiro atoms. The SMILES string of the molecule is COc1ccc(CNC(=O)CN(C)S(=O)(=O)c2cc(Cl)ccc2OC)cc1OC. The third kappa shape index (κ3) is 5.53. The van der Waals surface area contributed by atoms with Crippen LogP contribution in [0.15, 0.2) is 41.3 Å². The van der Waals surface area contributed by atoms with Crippen molar-refractivity contribution in [3.05, 3.63) is 47.0 Å². The number of sulfonamides is 1.